The largest absolute Gasteiger partial charge is 0.223 e. The zero-order valence-corrected chi connectivity index (χ0v) is 13.4. The minimum atomic E-state index is -3.45. The molecule has 0 amide bonds. The minimum absolute atomic E-state index is 0.397. The van der Waals surface area contributed by atoms with Crippen molar-refractivity contribution in [2.75, 3.05) is 0 Å². The molecule has 2 nitrogen and oxygen atoms in total. The molecule has 3 heteroatoms. The first kappa shape index (κ1) is 15.0. The van der Waals surface area contributed by atoms with Crippen LogP contribution in [0.3, 0.4) is 0 Å². The van der Waals surface area contributed by atoms with Crippen molar-refractivity contribution in [3.8, 4) is 0 Å². The van der Waals surface area contributed by atoms with Crippen LogP contribution < -0.4 is 0 Å². The highest BCUT2D eigenvalue weighted by atomic mass is 32.2. The van der Waals surface area contributed by atoms with Crippen molar-refractivity contribution in [1.82, 2.24) is 0 Å². The fourth-order valence-corrected chi connectivity index (χ4v) is 5.59. The lowest BCUT2D eigenvalue weighted by Gasteiger charge is -2.30. The predicted molar refractivity (Wildman–Crippen MR) is 89.5 cm³/mol. The normalized spacial score (nSPS) is 21.9. The second-order valence-electron chi connectivity index (χ2n) is 5.93. The molecule has 0 aromatic heterocycles. The van der Waals surface area contributed by atoms with Crippen LogP contribution in [-0.4, -0.2) is 13.2 Å². The molecule has 22 heavy (non-hydrogen) atoms. The Balaban J connectivity index is 2.10. The Bertz CT molecular complexity index is 764. The third-order valence-electron chi connectivity index (χ3n) is 4.60. The van der Waals surface area contributed by atoms with Crippen LogP contribution in [0.15, 0.2) is 77.7 Å². The molecule has 114 valence electrons. The highest BCUT2D eigenvalue weighted by Gasteiger charge is 2.49. The Morgan fingerprint density at radius 3 is 2.09 bits per heavy atom. The van der Waals surface area contributed by atoms with E-state index in [2.05, 4.69) is 6.58 Å². The van der Waals surface area contributed by atoms with E-state index in [4.69, 9.17) is 0 Å². The van der Waals surface area contributed by atoms with E-state index < -0.39 is 14.6 Å². The van der Waals surface area contributed by atoms with E-state index in [1.165, 1.54) is 0 Å². The van der Waals surface area contributed by atoms with Crippen LogP contribution >= 0.6 is 0 Å². The highest BCUT2D eigenvalue weighted by Crippen LogP contribution is 2.45. The van der Waals surface area contributed by atoms with Gasteiger partial charge in [0.05, 0.1) is 4.90 Å². The molecule has 0 bridgehead atoms. The molecule has 1 aliphatic rings. The monoisotopic (exact) mass is 312 g/mol. The van der Waals surface area contributed by atoms with Crippen molar-refractivity contribution >= 4 is 9.84 Å². The number of benzene rings is 2. The van der Waals surface area contributed by atoms with Crippen LogP contribution in [0.1, 0.15) is 24.8 Å². The van der Waals surface area contributed by atoms with Gasteiger partial charge >= 0.3 is 0 Å². The van der Waals surface area contributed by atoms with Crippen LogP contribution in [-0.2, 0) is 16.3 Å². The van der Waals surface area contributed by atoms with Crippen LogP contribution in [0.25, 0.3) is 0 Å². The summed E-state index contributed by atoms with van der Waals surface area (Å²) >= 11 is 0. The predicted octanol–water partition coefficient (Wildman–Crippen LogP) is 4.18. The van der Waals surface area contributed by atoms with Crippen LogP contribution in [0.2, 0.25) is 0 Å². The fraction of sp³-hybridized carbons (Fsp3) is 0.263. The van der Waals surface area contributed by atoms with Crippen LogP contribution in [0.5, 0.6) is 0 Å². The maximum absolute atomic E-state index is 13.3. The molecule has 2 aromatic rings. The van der Waals surface area contributed by atoms with Crippen molar-refractivity contribution in [3.05, 3.63) is 78.4 Å². The second-order valence-corrected chi connectivity index (χ2v) is 8.19. The maximum atomic E-state index is 13.3. The highest BCUT2D eigenvalue weighted by molar-refractivity contribution is 7.93. The first-order valence-corrected chi connectivity index (χ1v) is 9.06. The summed E-state index contributed by atoms with van der Waals surface area (Å²) in [6.45, 7) is 4.12. The van der Waals surface area contributed by atoms with Gasteiger partial charge in [-0.25, -0.2) is 8.42 Å². The van der Waals surface area contributed by atoms with E-state index >= 15 is 0 Å². The molecule has 0 N–H and O–H groups in total. The summed E-state index contributed by atoms with van der Waals surface area (Å²) in [5, 5.41) is 0. The molecule has 1 saturated carbocycles. The number of sulfone groups is 1. The van der Waals surface area contributed by atoms with E-state index in [0.717, 1.165) is 24.0 Å². The maximum Gasteiger partial charge on any atom is 0.188 e. The van der Waals surface area contributed by atoms with Crippen molar-refractivity contribution < 1.29 is 8.42 Å². The summed E-state index contributed by atoms with van der Waals surface area (Å²) in [7, 11) is -3.45. The number of hydrogen-bond acceptors (Lipinski definition) is 2. The van der Waals surface area contributed by atoms with Crippen molar-refractivity contribution in [2.24, 2.45) is 0 Å². The summed E-state index contributed by atoms with van der Waals surface area (Å²) in [5.41, 5.74) is 1.89. The third kappa shape index (κ3) is 2.40. The summed E-state index contributed by atoms with van der Waals surface area (Å²) in [5.74, 6) is 0. The van der Waals surface area contributed by atoms with Gasteiger partial charge in [-0.2, -0.15) is 0 Å². The zero-order chi connectivity index (χ0) is 15.6. The molecule has 0 spiro atoms. The number of rotatable bonds is 4. The van der Waals surface area contributed by atoms with E-state index in [-0.39, 0.29) is 0 Å². The van der Waals surface area contributed by atoms with Crippen molar-refractivity contribution in [3.63, 3.8) is 0 Å². The quantitative estimate of drug-likeness (QED) is 0.794. The van der Waals surface area contributed by atoms with Crippen LogP contribution in [0, 0.1) is 0 Å². The molecule has 1 atom stereocenters. The molecule has 0 radical (unpaired) electrons. The van der Waals surface area contributed by atoms with Gasteiger partial charge in [-0.15, -0.1) is 0 Å². The first-order valence-electron chi connectivity index (χ1n) is 7.58. The molecule has 0 heterocycles. The Labute approximate surface area is 132 Å². The van der Waals surface area contributed by atoms with Gasteiger partial charge in [-0.3, -0.25) is 0 Å². The Hall–Kier alpha value is -1.87. The van der Waals surface area contributed by atoms with Gasteiger partial charge in [0, 0.05) is 0 Å². The second kappa shape index (κ2) is 5.73. The van der Waals surface area contributed by atoms with Gasteiger partial charge in [0.2, 0.25) is 0 Å². The average molecular weight is 312 g/mol. The molecule has 0 saturated heterocycles. The lowest BCUT2D eigenvalue weighted by molar-refractivity contribution is 0.540. The summed E-state index contributed by atoms with van der Waals surface area (Å²) < 4.78 is 25.8. The summed E-state index contributed by atoms with van der Waals surface area (Å²) in [6, 6.07) is 18.6. The topological polar surface area (TPSA) is 34.1 Å². The molecule has 0 aliphatic heterocycles. The molecule has 1 fully saturated rings. The Morgan fingerprint density at radius 2 is 1.55 bits per heavy atom. The minimum Gasteiger partial charge on any atom is -0.223 e. The van der Waals surface area contributed by atoms with Gasteiger partial charge in [0.1, 0.15) is 4.75 Å². The average Bonchev–Trinajstić information content (AvgIpc) is 2.91. The van der Waals surface area contributed by atoms with Gasteiger partial charge in [-0.1, -0.05) is 60.7 Å². The molecule has 1 unspecified atom stereocenters. The van der Waals surface area contributed by atoms with Crippen molar-refractivity contribution in [2.45, 2.75) is 35.3 Å². The van der Waals surface area contributed by atoms with Gasteiger partial charge in [0.25, 0.3) is 0 Å². The SMILES string of the molecule is C=C1CCCC1(Cc1ccccc1)S(=O)(=O)c1ccccc1. The van der Waals surface area contributed by atoms with Crippen LogP contribution in [0.4, 0.5) is 0 Å². The first-order chi connectivity index (χ1) is 10.6. The molecule has 1 aliphatic carbocycles. The molecule has 2 aromatic carbocycles. The lowest BCUT2D eigenvalue weighted by atomic mass is 9.94. The van der Waals surface area contributed by atoms with Gasteiger partial charge in [-0.05, 0) is 43.4 Å². The summed E-state index contributed by atoms with van der Waals surface area (Å²) in [6.07, 6.45) is 2.83. The van der Waals surface area contributed by atoms with E-state index in [1.807, 2.05) is 36.4 Å². The van der Waals surface area contributed by atoms with Gasteiger partial charge < -0.3 is 0 Å². The molecular weight excluding hydrogens is 292 g/mol. The third-order valence-corrected chi connectivity index (χ3v) is 7.16. The standard InChI is InChI=1S/C19H20O2S/c1-16-9-8-14-19(16,15-17-10-4-2-5-11-17)22(20,21)18-12-6-3-7-13-18/h2-7,10-13H,1,8-9,14-15H2. The van der Waals surface area contributed by atoms with E-state index in [9.17, 15) is 8.42 Å². The summed E-state index contributed by atoms with van der Waals surface area (Å²) in [4.78, 5) is 0.397. The smallest absolute Gasteiger partial charge is 0.188 e. The van der Waals surface area contributed by atoms with E-state index in [1.54, 1.807) is 24.3 Å². The number of hydrogen-bond donors (Lipinski definition) is 0. The fourth-order valence-electron chi connectivity index (χ4n) is 3.38. The van der Waals surface area contributed by atoms with E-state index in [0.29, 0.717) is 17.7 Å². The molecule has 3 rings (SSSR count). The Morgan fingerprint density at radius 1 is 0.955 bits per heavy atom. The Kier molecular flexibility index (Phi) is 3.92. The lowest BCUT2D eigenvalue weighted by Crippen LogP contribution is -2.39. The molecular formula is C19H20O2S. The van der Waals surface area contributed by atoms with Gasteiger partial charge in [0.15, 0.2) is 9.84 Å². The zero-order valence-electron chi connectivity index (χ0n) is 12.5. The van der Waals surface area contributed by atoms with Crippen molar-refractivity contribution in [1.29, 1.82) is 0 Å².